The first kappa shape index (κ1) is 10.8. The average molecular weight is 206 g/mol. The van der Waals surface area contributed by atoms with Gasteiger partial charge in [0.15, 0.2) is 11.5 Å². The zero-order chi connectivity index (χ0) is 11.3. The number of aliphatic carboxylic acids is 1. The first-order chi connectivity index (χ1) is 7.11. The molecule has 0 saturated carbocycles. The molecule has 1 rings (SSSR count). The van der Waals surface area contributed by atoms with E-state index in [4.69, 9.17) is 5.11 Å². The lowest BCUT2D eigenvalue weighted by Crippen LogP contribution is -1.91. The summed E-state index contributed by atoms with van der Waals surface area (Å²) in [6.45, 7) is 0. The SMILES string of the molecule is O=C(O)C=CC(O)=C(O)c1ccccc1. The van der Waals surface area contributed by atoms with Gasteiger partial charge in [-0.25, -0.2) is 4.79 Å². The number of hydrogen-bond donors (Lipinski definition) is 3. The van der Waals surface area contributed by atoms with Crippen molar-refractivity contribution in [1.82, 2.24) is 0 Å². The lowest BCUT2D eigenvalue weighted by molar-refractivity contribution is -0.131. The second-order valence-electron chi connectivity index (χ2n) is 2.77. The lowest BCUT2D eigenvalue weighted by Gasteiger charge is -2.00. The molecule has 0 heterocycles. The minimum absolute atomic E-state index is 0.354. The van der Waals surface area contributed by atoms with Crippen molar-refractivity contribution in [3.63, 3.8) is 0 Å². The maximum atomic E-state index is 10.2. The minimum Gasteiger partial charge on any atom is -0.504 e. The molecule has 78 valence electrons. The van der Waals surface area contributed by atoms with Gasteiger partial charge in [-0.1, -0.05) is 30.3 Å². The van der Waals surface area contributed by atoms with Crippen LogP contribution in [0.3, 0.4) is 0 Å². The average Bonchev–Trinajstić information content (AvgIpc) is 2.26. The van der Waals surface area contributed by atoms with Gasteiger partial charge in [0.25, 0.3) is 0 Å². The maximum Gasteiger partial charge on any atom is 0.328 e. The third-order valence-electron chi connectivity index (χ3n) is 1.67. The van der Waals surface area contributed by atoms with Crippen molar-refractivity contribution in [2.75, 3.05) is 0 Å². The summed E-state index contributed by atoms with van der Waals surface area (Å²) in [6, 6.07) is 8.35. The van der Waals surface area contributed by atoms with E-state index >= 15 is 0 Å². The molecule has 1 aromatic carbocycles. The van der Waals surface area contributed by atoms with E-state index in [1.54, 1.807) is 30.3 Å². The Hall–Kier alpha value is -2.23. The van der Waals surface area contributed by atoms with Crippen LogP contribution < -0.4 is 0 Å². The first-order valence-corrected chi connectivity index (χ1v) is 4.20. The van der Waals surface area contributed by atoms with Gasteiger partial charge in [-0.2, -0.15) is 0 Å². The van der Waals surface area contributed by atoms with Gasteiger partial charge in [-0.05, 0) is 6.08 Å². The van der Waals surface area contributed by atoms with Crippen LogP contribution in [0.4, 0.5) is 0 Å². The summed E-state index contributed by atoms with van der Waals surface area (Å²) in [4.78, 5) is 10.2. The molecule has 0 aliphatic rings. The van der Waals surface area contributed by atoms with Gasteiger partial charge in [0.05, 0.1) is 0 Å². The number of aliphatic hydroxyl groups is 2. The van der Waals surface area contributed by atoms with Gasteiger partial charge >= 0.3 is 5.97 Å². The summed E-state index contributed by atoms with van der Waals surface area (Å²) < 4.78 is 0. The summed E-state index contributed by atoms with van der Waals surface area (Å²) >= 11 is 0. The maximum absolute atomic E-state index is 10.2. The number of carboxylic acid groups (broad SMARTS) is 1. The summed E-state index contributed by atoms with van der Waals surface area (Å²) in [6.07, 6.45) is 1.67. The van der Waals surface area contributed by atoms with Crippen molar-refractivity contribution in [2.24, 2.45) is 0 Å². The summed E-state index contributed by atoms with van der Waals surface area (Å²) in [7, 11) is 0. The van der Waals surface area contributed by atoms with E-state index in [1.165, 1.54) is 0 Å². The molecule has 0 aliphatic heterocycles. The fourth-order valence-electron chi connectivity index (χ4n) is 0.973. The standard InChI is InChI=1S/C11H10O4/c12-9(6-7-10(13)14)11(15)8-4-2-1-3-5-8/h1-7,12,15H,(H,13,14). The molecule has 0 radical (unpaired) electrons. The van der Waals surface area contributed by atoms with Crippen molar-refractivity contribution in [1.29, 1.82) is 0 Å². The Labute approximate surface area is 86.4 Å². The Kier molecular flexibility index (Phi) is 3.51. The minimum atomic E-state index is -1.19. The Morgan fingerprint density at radius 1 is 1.00 bits per heavy atom. The van der Waals surface area contributed by atoms with Crippen LogP contribution >= 0.6 is 0 Å². The number of hydrogen-bond acceptors (Lipinski definition) is 3. The Morgan fingerprint density at radius 3 is 2.13 bits per heavy atom. The highest BCUT2D eigenvalue weighted by molar-refractivity contribution is 5.80. The third kappa shape index (κ3) is 3.19. The number of carbonyl (C=O) groups is 1. The normalized spacial score (nSPS) is 12.5. The Bertz CT molecular complexity index is 404. The first-order valence-electron chi connectivity index (χ1n) is 4.20. The highest BCUT2D eigenvalue weighted by atomic mass is 16.4. The summed E-state index contributed by atoms with van der Waals surface area (Å²) in [5.41, 5.74) is 0.421. The smallest absolute Gasteiger partial charge is 0.328 e. The zero-order valence-corrected chi connectivity index (χ0v) is 7.79. The van der Waals surface area contributed by atoms with Crippen molar-refractivity contribution in [3.8, 4) is 0 Å². The molecule has 0 atom stereocenters. The largest absolute Gasteiger partial charge is 0.504 e. The van der Waals surface area contributed by atoms with Crippen molar-refractivity contribution >= 4 is 11.7 Å². The third-order valence-corrected chi connectivity index (χ3v) is 1.67. The molecular formula is C11H10O4. The molecule has 0 aromatic heterocycles. The molecule has 0 aliphatic carbocycles. The van der Waals surface area contributed by atoms with Crippen LogP contribution in [0.1, 0.15) is 5.56 Å². The summed E-state index contributed by atoms with van der Waals surface area (Å²) in [5.74, 6) is -2.03. The van der Waals surface area contributed by atoms with Crippen LogP contribution in [-0.2, 0) is 4.79 Å². The van der Waals surface area contributed by atoms with Crippen LogP contribution in [-0.4, -0.2) is 21.3 Å². The Balaban J connectivity index is 2.96. The van der Waals surface area contributed by atoms with Crippen LogP contribution in [0, 0.1) is 0 Å². The quantitative estimate of drug-likeness (QED) is 0.402. The molecule has 0 amide bonds. The van der Waals surface area contributed by atoms with Gasteiger partial charge < -0.3 is 15.3 Å². The highest BCUT2D eigenvalue weighted by Gasteiger charge is 2.03. The van der Waals surface area contributed by atoms with Crippen molar-refractivity contribution in [2.45, 2.75) is 0 Å². The predicted molar refractivity (Wildman–Crippen MR) is 55.4 cm³/mol. The highest BCUT2D eigenvalue weighted by Crippen LogP contribution is 2.14. The molecule has 0 unspecified atom stereocenters. The fourth-order valence-corrected chi connectivity index (χ4v) is 0.973. The molecule has 1 aromatic rings. The van der Waals surface area contributed by atoms with E-state index < -0.39 is 11.7 Å². The second kappa shape index (κ2) is 4.85. The number of allylic oxidation sites excluding steroid dienone is 1. The van der Waals surface area contributed by atoms with E-state index in [2.05, 4.69) is 0 Å². The van der Waals surface area contributed by atoms with E-state index in [-0.39, 0.29) is 5.76 Å². The predicted octanol–water partition coefficient (Wildman–Crippen LogP) is 2.11. The molecule has 15 heavy (non-hydrogen) atoms. The molecule has 0 bridgehead atoms. The van der Waals surface area contributed by atoms with Gasteiger partial charge in [-0.3, -0.25) is 0 Å². The number of aliphatic hydroxyl groups excluding tert-OH is 2. The monoisotopic (exact) mass is 206 g/mol. The number of carboxylic acids is 1. The zero-order valence-electron chi connectivity index (χ0n) is 7.79. The lowest BCUT2D eigenvalue weighted by atomic mass is 10.1. The molecule has 4 heteroatoms. The van der Waals surface area contributed by atoms with Crippen molar-refractivity contribution < 1.29 is 20.1 Å². The molecule has 3 N–H and O–H groups in total. The van der Waals surface area contributed by atoms with Crippen LogP contribution in [0.15, 0.2) is 48.2 Å². The van der Waals surface area contributed by atoms with Crippen molar-refractivity contribution in [3.05, 3.63) is 53.8 Å². The van der Waals surface area contributed by atoms with Gasteiger partial charge in [0, 0.05) is 11.6 Å². The molecular weight excluding hydrogens is 196 g/mol. The van der Waals surface area contributed by atoms with E-state index in [0.717, 1.165) is 12.2 Å². The van der Waals surface area contributed by atoms with Gasteiger partial charge in [0.1, 0.15) is 0 Å². The van der Waals surface area contributed by atoms with E-state index in [1.807, 2.05) is 0 Å². The fraction of sp³-hybridized carbons (Fsp3) is 0. The van der Waals surface area contributed by atoms with Gasteiger partial charge in [-0.15, -0.1) is 0 Å². The topological polar surface area (TPSA) is 77.8 Å². The van der Waals surface area contributed by atoms with E-state index in [0.29, 0.717) is 5.56 Å². The van der Waals surface area contributed by atoms with E-state index in [9.17, 15) is 15.0 Å². The number of rotatable bonds is 3. The molecule has 0 fully saturated rings. The second-order valence-corrected chi connectivity index (χ2v) is 2.77. The summed E-state index contributed by atoms with van der Waals surface area (Å²) in [5, 5.41) is 27.1. The van der Waals surface area contributed by atoms with Crippen LogP contribution in [0.25, 0.3) is 5.76 Å². The van der Waals surface area contributed by atoms with Crippen LogP contribution in [0.2, 0.25) is 0 Å². The molecule has 4 nitrogen and oxygen atoms in total. The van der Waals surface area contributed by atoms with Gasteiger partial charge in [0.2, 0.25) is 0 Å². The van der Waals surface area contributed by atoms with Crippen LogP contribution in [0.5, 0.6) is 0 Å². The molecule has 0 saturated heterocycles. The number of benzene rings is 1. The molecule has 0 spiro atoms. The Morgan fingerprint density at radius 2 is 1.60 bits per heavy atom.